The van der Waals surface area contributed by atoms with Gasteiger partial charge in [-0.05, 0) is 25.7 Å². The lowest BCUT2D eigenvalue weighted by molar-refractivity contribution is 0.0728. The lowest BCUT2D eigenvalue weighted by Crippen LogP contribution is -2.50. The number of alkyl halides is 1. The number of nitrogens with one attached hydrogen (secondary N) is 1. The third-order valence-electron chi connectivity index (χ3n) is 3.11. The molecule has 3 heteroatoms. The molecule has 13 heavy (non-hydrogen) atoms. The minimum atomic E-state index is -1.09. The summed E-state index contributed by atoms with van der Waals surface area (Å²) in [6, 6.07) is -0.0478. The molecule has 0 aromatic heterocycles. The Bertz CT molecular complexity index is 217. The van der Waals surface area contributed by atoms with E-state index in [2.05, 4.69) is 5.32 Å². The summed E-state index contributed by atoms with van der Waals surface area (Å²) in [6.07, 6.45) is 6.99. The van der Waals surface area contributed by atoms with Crippen LogP contribution >= 0.6 is 0 Å². The highest BCUT2D eigenvalue weighted by molar-refractivity contribution is 5.12. The highest BCUT2D eigenvalue weighted by atomic mass is 19.1. The van der Waals surface area contributed by atoms with Gasteiger partial charge < -0.3 is 11.1 Å². The molecule has 3 N–H and O–H groups in total. The summed E-state index contributed by atoms with van der Waals surface area (Å²) < 4.78 is 14.3. The van der Waals surface area contributed by atoms with E-state index in [9.17, 15) is 4.39 Å². The van der Waals surface area contributed by atoms with Gasteiger partial charge in [-0.25, -0.2) is 4.39 Å². The van der Waals surface area contributed by atoms with Gasteiger partial charge in [0.2, 0.25) is 0 Å². The van der Waals surface area contributed by atoms with Crippen LogP contribution in [-0.2, 0) is 0 Å². The minimum Gasteiger partial charge on any atom is -0.328 e. The molecular formula is C10H17FN2. The van der Waals surface area contributed by atoms with E-state index in [1.165, 1.54) is 0 Å². The number of hydrogen-bond acceptors (Lipinski definition) is 2. The van der Waals surface area contributed by atoms with Crippen LogP contribution in [0.1, 0.15) is 25.7 Å². The van der Waals surface area contributed by atoms with Crippen molar-refractivity contribution in [3.05, 3.63) is 12.2 Å². The van der Waals surface area contributed by atoms with Crippen molar-refractivity contribution in [2.45, 2.75) is 43.4 Å². The molecule has 0 aromatic rings. The van der Waals surface area contributed by atoms with Crippen molar-refractivity contribution in [2.24, 2.45) is 5.73 Å². The summed E-state index contributed by atoms with van der Waals surface area (Å²) >= 11 is 0. The van der Waals surface area contributed by atoms with Gasteiger partial charge in [0.15, 0.2) is 0 Å². The molecule has 0 radical (unpaired) electrons. The Kier molecular flexibility index (Phi) is 2.39. The van der Waals surface area contributed by atoms with E-state index in [-0.39, 0.29) is 12.1 Å². The molecule has 0 saturated heterocycles. The molecule has 0 spiro atoms. The fraction of sp³-hybridized carbons (Fsp3) is 0.800. The van der Waals surface area contributed by atoms with E-state index < -0.39 is 5.67 Å². The molecule has 0 bridgehead atoms. The highest BCUT2D eigenvalue weighted by Crippen LogP contribution is 2.35. The standard InChI is InChI=1S/C10H17FN2/c11-10(9-4-2-6-13-9)5-1-3-8(12)7-10/h2,4,8-9,13H,1,3,5-7,12H2. The first-order chi connectivity index (χ1) is 6.21. The Hall–Kier alpha value is -0.410. The Balaban J connectivity index is 2.04. The Labute approximate surface area is 78.4 Å². The van der Waals surface area contributed by atoms with Crippen molar-refractivity contribution in [3.63, 3.8) is 0 Å². The summed E-state index contributed by atoms with van der Waals surface area (Å²) in [4.78, 5) is 0. The zero-order valence-corrected chi connectivity index (χ0v) is 7.80. The highest BCUT2D eigenvalue weighted by Gasteiger charge is 2.41. The molecule has 1 aliphatic heterocycles. The predicted molar refractivity (Wildman–Crippen MR) is 51.2 cm³/mol. The van der Waals surface area contributed by atoms with Gasteiger partial charge in [0.25, 0.3) is 0 Å². The molecule has 1 aliphatic carbocycles. The fourth-order valence-electron chi connectivity index (χ4n) is 2.40. The average Bonchev–Trinajstić information content (AvgIpc) is 2.55. The average molecular weight is 184 g/mol. The second-order valence-electron chi connectivity index (χ2n) is 4.21. The van der Waals surface area contributed by atoms with Crippen molar-refractivity contribution in [2.75, 3.05) is 6.54 Å². The van der Waals surface area contributed by atoms with Crippen molar-refractivity contribution in [1.29, 1.82) is 0 Å². The molecule has 3 atom stereocenters. The molecular weight excluding hydrogens is 167 g/mol. The number of hydrogen-bond donors (Lipinski definition) is 2. The molecule has 1 heterocycles. The fourth-order valence-corrected chi connectivity index (χ4v) is 2.40. The molecule has 1 fully saturated rings. The van der Waals surface area contributed by atoms with Gasteiger partial charge in [-0.2, -0.15) is 0 Å². The minimum absolute atomic E-state index is 0.0505. The maximum atomic E-state index is 14.3. The Morgan fingerprint density at radius 1 is 1.54 bits per heavy atom. The van der Waals surface area contributed by atoms with Crippen molar-refractivity contribution in [1.82, 2.24) is 5.32 Å². The van der Waals surface area contributed by atoms with Gasteiger partial charge in [-0.3, -0.25) is 0 Å². The van der Waals surface area contributed by atoms with E-state index in [0.717, 1.165) is 19.4 Å². The maximum Gasteiger partial charge on any atom is 0.131 e. The largest absolute Gasteiger partial charge is 0.328 e. The number of halogens is 1. The molecule has 2 aliphatic rings. The van der Waals surface area contributed by atoms with Crippen molar-refractivity contribution >= 4 is 0 Å². The first-order valence-corrected chi connectivity index (χ1v) is 5.05. The molecule has 74 valence electrons. The smallest absolute Gasteiger partial charge is 0.131 e. The Morgan fingerprint density at radius 3 is 3.00 bits per heavy atom. The van der Waals surface area contributed by atoms with Crippen LogP contribution in [0.5, 0.6) is 0 Å². The second kappa shape index (κ2) is 3.39. The van der Waals surface area contributed by atoms with Gasteiger partial charge in [-0.15, -0.1) is 0 Å². The van der Waals surface area contributed by atoms with Gasteiger partial charge in [0.1, 0.15) is 5.67 Å². The van der Waals surface area contributed by atoms with Crippen LogP contribution in [0.3, 0.4) is 0 Å². The molecule has 2 nitrogen and oxygen atoms in total. The van der Waals surface area contributed by atoms with Crippen molar-refractivity contribution in [3.8, 4) is 0 Å². The van der Waals surface area contributed by atoms with E-state index in [1.54, 1.807) is 0 Å². The summed E-state index contributed by atoms with van der Waals surface area (Å²) in [6.45, 7) is 0.797. The molecule has 0 aromatic carbocycles. The third-order valence-corrected chi connectivity index (χ3v) is 3.11. The summed E-state index contributed by atoms with van der Waals surface area (Å²) in [5.41, 5.74) is 4.69. The van der Waals surface area contributed by atoms with Crippen LogP contribution in [0.4, 0.5) is 4.39 Å². The lowest BCUT2D eigenvalue weighted by atomic mass is 9.79. The Morgan fingerprint density at radius 2 is 2.38 bits per heavy atom. The molecule has 1 saturated carbocycles. The molecule has 0 amide bonds. The molecule has 3 unspecified atom stereocenters. The van der Waals surface area contributed by atoms with E-state index in [4.69, 9.17) is 5.73 Å². The van der Waals surface area contributed by atoms with Crippen LogP contribution in [0, 0.1) is 0 Å². The van der Waals surface area contributed by atoms with Crippen LogP contribution < -0.4 is 11.1 Å². The van der Waals surface area contributed by atoms with Crippen LogP contribution in [0.2, 0.25) is 0 Å². The first kappa shape index (κ1) is 9.16. The van der Waals surface area contributed by atoms with E-state index in [0.29, 0.717) is 12.8 Å². The normalized spacial score (nSPS) is 45.4. The summed E-state index contributed by atoms with van der Waals surface area (Å²) in [5, 5.41) is 3.15. The van der Waals surface area contributed by atoms with Gasteiger partial charge in [0, 0.05) is 12.6 Å². The van der Waals surface area contributed by atoms with E-state index >= 15 is 0 Å². The zero-order valence-electron chi connectivity index (χ0n) is 7.80. The SMILES string of the molecule is NC1CCCC(F)(C2C=CCN2)C1. The summed E-state index contributed by atoms with van der Waals surface area (Å²) in [7, 11) is 0. The lowest BCUT2D eigenvalue weighted by Gasteiger charge is -2.37. The van der Waals surface area contributed by atoms with Gasteiger partial charge in [-0.1, -0.05) is 12.2 Å². The quantitative estimate of drug-likeness (QED) is 0.599. The van der Waals surface area contributed by atoms with E-state index in [1.807, 2.05) is 12.2 Å². The van der Waals surface area contributed by atoms with Crippen LogP contribution in [0.25, 0.3) is 0 Å². The number of rotatable bonds is 1. The first-order valence-electron chi connectivity index (χ1n) is 5.05. The molecule has 2 rings (SSSR count). The predicted octanol–water partition coefficient (Wildman–Crippen LogP) is 1.12. The monoisotopic (exact) mass is 184 g/mol. The summed E-state index contributed by atoms with van der Waals surface area (Å²) in [5.74, 6) is 0. The van der Waals surface area contributed by atoms with Gasteiger partial charge >= 0.3 is 0 Å². The van der Waals surface area contributed by atoms with Crippen molar-refractivity contribution < 1.29 is 4.39 Å². The zero-order chi connectivity index (χ0) is 9.31. The van der Waals surface area contributed by atoms with Crippen LogP contribution in [0.15, 0.2) is 12.2 Å². The maximum absolute atomic E-state index is 14.3. The second-order valence-corrected chi connectivity index (χ2v) is 4.21. The van der Waals surface area contributed by atoms with Gasteiger partial charge in [0.05, 0.1) is 6.04 Å². The topological polar surface area (TPSA) is 38.0 Å². The number of nitrogens with two attached hydrogens (primary N) is 1. The van der Waals surface area contributed by atoms with Crippen LogP contribution in [-0.4, -0.2) is 24.3 Å². The third kappa shape index (κ3) is 1.76.